The van der Waals surface area contributed by atoms with Crippen LogP contribution in [0.1, 0.15) is 26.3 Å². The maximum atomic E-state index is 6.42. The summed E-state index contributed by atoms with van der Waals surface area (Å²) in [7, 11) is 0. The van der Waals surface area contributed by atoms with Gasteiger partial charge in [-0.05, 0) is 53.8 Å². The van der Waals surface area contributed by atoms with Gasteiger partial charge in [0.2, 0.25) is 0 Å². The van der Waals surface area contributed by atoms with E-state index in [4.69, 9.17) is 8.83 Å². The highest BCUT2D eigenvalue weighted by Gasteiger charge is 2.17. The Morgan fingerprint density at radius 2 is 1.45 bits per heavy atom. The zero-order valence-electron chi connectivity index (χ0n) is 17.9. The van der Waals surface area contributed by atoms with Gasteiger partial charge in [-0.15, -0.1) is 0 Å². The lowest BCUT2D eigenvalue weighted by molar-refractivity contribution is 0.411. The Labute approximate surface area is 180 Å². The molecule has 0 bridgehead atoms. The van der Waals surface area contributed by atoms with Crippen LogP contribution in [0.25, 0.3) is 55.1 Å². The quantitative estimate of drug-likeness (QED) is 0.292. The van der Waals surface area contributed by atoms with Gasteiger partial charge >= 0.3 is 0 Å². The maximum Gasteiger partial charge on any atom is 0.144 e. The van der Waals surface area contributed by atoms with Gasteiger partial charge in [0.1, 0.15) is 22.3 Å². The third-order valence-corrected chi connectivity index (χ3v) is 5.83. The van der Waals surface area contributed by atoms with Crippen LogP contribution >= 0.6 is 0 Å². The third kappa shape index (κ3) is 3.00. The zero-order valence-corrected chi connectivity index (χ0v) is 17.9. The molecule has 0 N–H and O–H groups in total. The van der Waals surface area contributed by atoms with Crippen LogP contribution in [0.4, 0.5) is 0 Å². The molecule has 152 valence electrons. The predicted octanol–water partition coefficient (Wildman–Crippen LogP) is 8.14. The molecular formula is C28H23NO2. The molecule has 0 aliphatic rings. The van der Waals surface area contributed by atoms with E-state index in [-0.39, 0.29) is 5.41 Å². The van der Waals surface area contributed by atoms with Gasteiger partial charge in [-0.3, -0.25) is 4.98 Å². The molecule has 6 aromatic rings. The molecule has 31 heavy (non-hydrogen) atoms. The number of pyridine rings is 1. The van der Waals surface area contributed by atoms with E-state index in [1.165, 1.54) is 5.56 Å². The van der Waals surface area contributed by atoms with Crippen molar-refractivity contribution in [1.29, 1.82) is 0 Å². The number of aromatic nitrogens is 1. The van der Waals surface area contributed by atoms with Gasteiger partial charge in [-0.1, -0.05) is 51.1 Å². The summed E-state index contributed by atoms with van der Waals surface area (Å²) >= 11 is 0. The van der Waals surface area contributed by atoms with E-state index in [1.54, 1.807) is 0 Å². The topological polar surface area (TPSA) is 39.2 Å². The van der Waals surface area contributed by atoms with Crippen molar-refractivity contribution in [2.75, 3.05) is 0 Å². The smallest absolute Gasteiger partial charge is 0.144 e. The van der Waals surface area contributed by atoms with E-state index in [2.05, 4.69) is 74.3 Å². The number of hydrogen-bond donors (Lipinski definition) is 0. The molecule has 0 saturated carbocycles. The summed E-state index contributed by atoms with van der Waals surface area (Å²) in [6, 6.07) is 22.9. The fraction of sp³-hybridized carbons (Fsp3) is 0.179. The normalized spacial score (nSPS) is 12.5. The van der Waals surface area contributed by atoms with Crippen LogP contribution < -0.4 is 0 Å². The molecule has 0 fully saturated rings. The summed E-state index contributed by atoms with van der Waals surface area (Å²) in [6.45, 7) is 6.77. The summed E-state index contributed by atoms with van der Waals surface area (Å²) in [5, 5.41) is 4.33. The van der Waals surface area contributed by atoms with E-state index in [0.717, 1.165) is 61.6 Å². The van der Waals surface area contributed by atoms with Gasteiger partial charge in [0.15, 0.2) is 0 Å². The first-order chi connectivity index (χ1) is 15.0. The van der Waals surface area contributed by atoms with Gasteiger partial charge < -0.3 is 8.83 Å². The molecule has 0 atom stereocenters. The van der Waals surface area contributed by atoms with Crippen LogP contribution in [0.5, 0.6) is 0 Å². The number of benzene rings is 3. The predicted molar refractivity (Wildman–Crippen MR) is 127 cm³/mol. The number of fused-ring (bicyclic) bond motifs is 6. The first-order valence-electron chi connectivity index (χ1n) is 10.7. The van der Waals surface area contributed by atoms with Crippen LogP contribution in [0.3, 0.4) is 0 Å². The second-order valence-corrected chi connectivity index (χ2v) is 9.51. The van der Waals surface area contributed by atoms with E-state index < -0.39 is 0 Å². The highest BCUT2D eigenvalue weighted by Crippen LogP contribution is 2.39. The average Bonchev–Trinajstić information content (AvgIpc) is 3.28. The Morgan fingerprint density at radius 3 is 2.29 bits per heavy atom. The lowest BCUT2D eigenvalue weighted by Gasteiger charge is -2.18. The van der Waals surface area contributed by atoms with Crippen LogP contribution in [-0.4, -0.2) is 4.98 Å². The number of hydrogen-bond acceptors (Lipinski definition) is 3. The van der Waals surface area contributed by atoms with Crippen molar-refractivity contribution in [3.63, 3.8) is 0 Å². The second-order valence-electron chi connectivity index (χ2n) is 9.51. The first kappa shape index (κ1) is 18.2. The minimum Gasteiger partial charge on any atom is -0.456 e. The zero-order chi connectivity index (χ0) is 21.2. The first-order valence-corrected chi connectivity index (χ1v) is 10.7. The molecule has 3 aromatic carbocycles. The Kier molecular flexibility index (Phi) is 3.79. The van der Waals surface area contributed by atoms with Gasteiger partial charge in [0, 0.05) is 33.3 Å². The van der Waals surface area contributed by atoms with Crippen molar-refractivity contribution in [3.8, 4) is 11.3 Å². The van der Waals surface area contributed by atoms with Crippen molar-refractivity contribution in [2.45, 2.75) is 27.2 Å². The lowest BCUT2D eigenvalue weighted by Crippen LogP contribution is -2.09. The summed E-state index contributed by atoms with van der Waals surface area (Å²) in [5.74, 6) is 0. The molecule has 0 amide bonds. The summed E-state index contributed by atoms with van der Waals surface area (Å²) < 4.78 is 12.5. The Balaban J connectivity index is 1.57. The largest absolute Gasteiger partial charge is 0.456 e. The van der Waals surface area contributed by atoms with Gasteiger partial charge in [-0.2, -0.15) is 0 Å². The van der Waals surface area contributed by atoms with Crippen molar-refractivity contribution in [1.82, 2.24) is 4.98 Å². The van der Waals surface area contributed by atoms with Crippen LogP contribution in [0.2, 0.25) is 0 Å². The van der Waals surface area contributed by atoms with Crippen molar-refractivity contribution in [3.05, 3.63) is 78.5 Å². The average molecular weight is 405 g/mol. The highest BCUT2D eigenvalue weighted by molar-refractivity contribution is 6.16. The lowest BCUT2D eigenvalue weighted by atomic mass is 9.88. The van der Waals surface area contributed by atoms with E-state index >= 15 is 0 Å². The molecule has 3 aromatic heterocycles. The minimum atomic E-state index is 0.223. The molecule has 3 heterocycles. The minimum absolute atomic E-state index is 0.223. The van der Waals surface area contributed by atoms with Crippen LogP contribution in [0.15, 0.2) is 81.8 Å². The summed E-state index contributed by atoms with van der Waals surface area (Å²) in [6.07, 6.45) is 2.90. The molecule has 3 nitrogen and oxygen atoms in total. The third-order valence-electron chi connectivity index (χ3n) is 5.83. The SMILES string of the molecule is CC(C)(C)Cc1ccnc(-c2cccc3c2oc2cc4c(cc23)oc2ccccc24)c1. The van der Waals surface area contributed by atoms with Crippen LogP contribution in [0, 0.1) is 5.41 Å². The van der Waals surface area contributed by atoms with E-state index in [0.29, 0.717) is 0 Å². The summed E-state index contributed by atoms with van der Waals surface area (Å²) in [5.41, 5.74) is 6.99. The fourth-order valence-corrected chi connectivity index (χ4v) is 4.56. The second kappa shape index (κ2) is 6.45. The van der Waals surface area contributed by atoms with Gasteiger partial charge in [-0.25, -0.2) is 0 Å². The van der Waals surface area contributed by atoms with Crippen molar-refractivity contribution < 1.29 is 8.83 Å². The maximum absolute atomic E-state index is 6.42. The Morgan fingerprint density at radius 1 is 0.710 bits per heavy atom. The molecule has 0 radical (unpaired) electrons. The molecule has 0 saturated heterocycles. The number of furan rings is 2. The molecule has 0 unspecified atom stereocenters. The standard InChI is InChI=1S/C28H23NO2/c1-28(2,3)16-17-11-12-29-23(13-17)20-9-6-8-19-22-15-25-21(14-26(22)31-27(19)20)18-7-4-5-10-24(18)30-25/h4-15H,16H2,1-3H3. The van der Waals surface area contributed by atoms with Gasteiger partial charge in [0.25, 0.3) is 0 Å². The monoisotopic (exact) mass is 405 g/mol. The molecule has 0 aliphatic heterocycles. The molecular weight excluding hydrogens is 382 g/mol. The fourth-order valence-electron chi connectivity index (χ4n) is 4.56. The van der Waals surface area contributed by atoms with Crippen molar-refractivity contribution >= 4 is 43.9 Å². The number of rotatable bonds is 2. The van der Waals surface area contributed by atoms with Crippen LogP contribution in [-0.2, 0) is 6.42 Å². The van der Waals surface area contributed by atoms with Gasteiger partial charge in [0.05, 0.1) is 5.69 Å². The Bertz CT molecular complexity index is 1590. The Hall–Kier alpha value is -3.59. The van der Waals surface area contributed by atoms with E-state index in [1.807, 2.05) is 24.4 Å². The number of para-hydroxylation sites is 2. The molecule has 6 rings (SSSR count). The number of nitrogens with zero attached hydrogens (tertiary/aromatic N) is 1. The molecule has 3 heteroatoms. The van der Waals surface area contributed by atoms with E-state index in [9.17, 15) is 0 Å². The molecule has 0 aliphatic carbocycles. The highest BCUT2D eigenvalue weighted by atomic mass is 16.3. The summed E-state index contributed by atoms with van der Waals surface area (Å²) in [4.78, 5) is 4.67. The molecule has 0 spiro atoms. The van der Waals surface area contributed by atoms with Crippen molar-refractivity contribution in [2.24, 2.45) is 5.41 Å².